The molecule has 0 fully saturated rings. The minimum atomic E-state index is 0.246. The molecule has 0 spiro atoms. The van der Waals surface area contributed by atoms with Crippen LogP contribution in [0.3, 0.4) is 0 Å². The van der Waals surface area contributed by atoms with Crippen LogP contribution in [0.2, 0.25) is 0 Å². The molecule has 0 atom stereocenters. The number of carbonyl (C=O) groups is 1. The molecule has 0 saturated heterocycles. The van der Waals surface area contributed by atoms with Crippen LogP contribution in [0.25, 0.3) is 0 Å². The van der Waals surface area contributed by atoms with Crippen molar-refractivity contribution in [3.63, 3.8) is 0 Å². The highest BCUT2D eigenvalue weighted by molar-refractivity contribution is 9.09. The quantitative estimate of drug-likeness (QED) is 0.733. The molecule has 1 nitrogen and oxygen atoms in total. The molecule has 0 saturated carbocycles. The number of halogens is 1. The van der Waals surface area contributed by atoms with E-state index in [1.165, 1.54) is 10.4 Å². The molecule has 0 radical (unpaired) electrons. The number of carbonyl (C=O) groups excluding carboxylic acids is 1. The number of hydrogen-bond donors (Lipinski definition) is 0. The Labute approximate surface area is 78.6 Å². The fourth-order valence-electron chi connectivity index (χ4n) is 0.812. The standard InChI is InChI=1S/C8H9BrOS/c1-6-2-3-11-8(6)4-7(10)5-9/h2-3H,4-5H2,1H3. The molecule has 0 amide bonds. The van der Waals surface area contributed by atoms with Gasteiger partial charge in [-0.1, -0.05) is 15.9 Å². The molecule has 0 aliphatic rings. The molecule has 0 bridgehead atoms. The van der Waals surface area contributed by atoms with Crippen molar-refractivity contribution in [2.24, 2.45) is 0 Å². The van der Waals surface area contributed by atoms with Crippen LogP contribution in [0.5, 0.6) is 0 Å². The highest BCUT2D eigenvalue weighted by Gasteiger charge is 2.04. The van der Waals surface area contributed by atoms with E-state index in [9.17, 15) is 4.79 Å². The second-order valence-corrected chi connectivity index (χ2v) is 3.94. The summed E-state index contributed by atoms with van der Waals surface area (Å²) in [4.78, 5) is 12.2. The van der Waals surface area contributed by atoms with Gasteiger partial charge >= 0.3 is 0 Å². The molecule has 0 aromatic carbocycles. The fraction of sp³-hybridized carbons (Fsp3) is 0.375. The Morgan fingerprint density at radius 3 is 2.91 bits per heavy atom. The molecule has 0 N–H and O–H groups in total. The van der Waals surface area contributed by atoms with Crippen LogP contribution in [0, 0.1) is 6.92 Å². The van der Waals surface area contributed by atoms with E-state index in [4.69, 9.17) is 0 Å². The maximum absolute atomic E-state index is 11.0. The van der Waals surface area contributed by atoms with Crippen molar-refractivity contribution in [2.75, 3.05) is 5.33 Å². The van der Waals surface area contributed by atoms with E-state index in [0.29, 0.717) is 11.8 Å². The number of aryl methyl sites for hydroxylation is 1. The summed E-state index contributed by atoms with van der Waals surface area (Å²) in [6, 6.07) is 2.04. The number of alkyl halides is 1. The van der Waals surface area contributed by atoms with Gasteiger partial charge in [0, 0.05) is 11.3 Å². The number of thiophene rings is 1. The van der Waals surface area contributed by atoms with Gasteiger partial charge in [0.25, 0.3) is 0 Å². The van der Waals surface area contributed by atoms with Gasteiger partial charge in [0.1, 0.15) is 5.78 Å². The van der Waals surface area contributed by atoms with Crippen molar-refractivity contribution in [1.29, 1.82) is 0 Å². The van der Waals surface area contributed by atoms with Gasteiger partial charge in [-0.05, 0) is 23.9 Å². The smallest absolute Gasteiger partial charge is 0.148 e. The van der Waals surface area contributed by atoms with Gasteiger partial charge in [-0.2, -0.15) is 0 Å². The first kappa shape index (κ1) is 8.94. The van der Waals surface area contributed by atoms with E-state index in [-0.39, 0.29) is 5.78 Å². The lowest BCUT2D eigenvalue weighted by Gasteiger charge is -1.94. The first-order chi connectivity index (χ1) is 5.24. The van der Waals surface area contributed by atoms with E-state index >= 15 is 0 Å². The predicted octanol–water partition coefficient (Wildman–Crippen LogP) is 2.56. The number of rotatable bonds is 3. The Morgan fingerprint density at radius 2 is 2.45 bits per heavy atom. The molecular formula is C8H9BrOS. The van der Waals surface area contributed by atoms with E-state index < -0.39 is 0 Å². The molecule has 0 aliphatic heterocycles. The van der Waals surface area contributed by atoms with E-state index in [1.807, 2.05) is 18.4 Å². The average Bonchev–Trinajstić information content (AvgIpc) is 2.37. The molecule has 1 rings (SSSR count). The Kier molecular flexibility index (Phi) is 3.27. The number of ketones is 1. The third-order valence-electron chi connectivity index (χ3n) is 1.47. The minimum absolute atomic E-state index is 0.246. The zero-order valence-corrected chi connectivity index (χ0v) is 8.67. The highest BCUT2D eigenvalue weighted by atomic mass is 79.9. The number of Topliss-reactive ketones (excluding diaryl/α,β-unsaturated/α-hetero) is 1. The van der Waals surface area contributed by atoms with Gasteiger partial charge in [0.2, 0.25) is 0 Å². The molecule has 0 aliphatic carbocycles. The van der Waals surface area contributed by atoms with E-state index in [0.717, 1.165) is 0 Å². The van der Waals surface area contributed by atoms with E-state index in [1.54, 1.807) is 11.3 Å². The van der Waals surface area contributed by atoms with Crippen molar-refractivity contribution in [2.45, 2.75) is 13.3 Å². The van der Waals surface area contributed by atoms with Gasteiger partial charge in [0.15, 0.2) is 0 Å². The zero-order valence-electron chi connectivity index (χ0n) is 6.26. The summed E-state index contributed by atoms with van der Waals surface area (Å²) in [7, 11) is 0. The lowest BCUT2D eigenvalue weighted by molar-refractivity contribution is -0.115. The van der Waals surface area contributed by atoms with Crippen molar-refractivity contribution < 1.29 is 4.79 Å². The normalized spacial score (nSPS) is 10.0. The van der Waals surface area contributed by atoms with Gasteiger partial charge in [0.05, 0.1) is 5.33 Å². The number of hydrogen-bond acceptors (Lipinski definition) is 2. The van der Waals surface area contributed by atoms with Gasteiger partial charge in [-0.3, -0.25) is 4.79 Å². The van der Waals surface area contributed by atoms with Crippen LogP contribution in [0.4, 0.5) is 0 Å². The predicted molar refractivity (Wildman–Crippen MR) is 51.6 cm³/mol. The molecular weight excluding hydrogens is 224 g/mol. The molecule has 1 heterocycles. The molecule has 3 heteroatoms. The molecule has 60 valence electrons. The van der Waals surface area contributed by atoms with Crippen LogP contribution in [-0.2, 0) is 11.2 Å². The van der Waals surface area contributed by atoms with Crippen LogP contribution in [-0.4, -0.2) is 11.1 Å². The molecule has 11 heavy (non-hydrogen) atoms. The summed E-state index contributed by atoms with van der Waals surface area (Å²) in [5, 5.41) is 2.48. The average molecular weight is 233 g/mol. The summed E-state index contributed by atoms with van der Waals surface area (Å²) in [5.41, 5.74) is 1.23. The van der Waals surface area contributed by atoms with E-state index in [2.05, 4.69) is 15.9 Å². The van der Waals surface area contributed by atoms with Crippen molar-refractivity contribution in [1.82, 2.24) is 0 Å². The van der Waals surface area contributed by atoms with Gasteiger partial charge < -0.3 is 0 Å². The third-order valence-corrected chi connectivity index (χ3v) is 3.12. The lowest BCUT2D eigenvalue weighted by Crippen LogP contribution is -2.02. The van der Waals surface area contributed by atoms with Crippen LogP contribution >= 0.6 is 27.3 Å². The Bertz CT molecular complexity index is 254. The Balaban J connectivity index is 2.64. The molecule has 1 aromatic rings. The monoisotopic (exact) mass is 232 g/mol. The summed E-state index contributed by atoms with van der Waals surface area (Å²) in [5.74, 6) is 0.246. The van der Waals surface area contributed by atoms with Gasteiger partial charge in [-0.15, -0.1) is 11.3 Å². The highest BCUT2D eigenvalue weighted by Crippen LogP contribution is 2.16. The summed E-state index contributed by atoms with van der Waals surface area (Å²) < 4.78 is 0. The lowest BCUT2D eigenvalue weighted by atomic mass is 10.2. The SMILES string of the molecule is Cc1ccsc1CC(=O)CBr. The second-order valence-electron chi connectivity index (χ2n) is 2.38. The van der Waals surface area contributed by atoms with Gasteiger partial charge in [-0.25, -0.2) is 0 Å². The molecule has 0 unspecified atom stereocenters. The maximum atomic E-state index is 11.0. The van der Waals surface area contributed by atoms with Crippen molar-refractivity contribution in [3.8, 4) is 0 Å². The fourth-order valence-corrected chi connectivity index (χ4v) is 1.94. The topological polar surface area (TPSA) is 17.1 Å². The first-order valence-corrected chi connectivity index (χ1v) is 5.35. The summed E-state index contributed by atoms with van der Waals surface area (Å²) in [6.45, 7) is 2.04. The van der Waals surface area contributed by atoms with Crippen LogP contribution < -0.4 is 0 Å². The minimum Gasteiger partial charge on any atom is -0.298 e. The largest absolute Gasteiger partial charge is 0.298 e. The maximum Gasteiger partial charge on any atom is 0.148 e. The molecule has 1 aromatic heterocycles. The van der Waals surface area contributed by atoms with Crippen LogP contribution in [0.1, 0.15) is 10.4 Å². The van der Waals surface area contributed by atoms with Crippen molar-refractivity contribution in [3.05, 3.63) is 21.9 Å². The summed E-state index contributed by atoms with van der Waals surface area (Å²) >= 11 is 4.79. The van der Waals surface area contributed by atoms with Crippen LogP contribution in [0.15, 0.2) is 11.4 Å². The Morgan fingerprint density at radius 1 is 1.73 bits per heavy atom. The Hall–Kier alpha value is -0.150. The second kappa shape index (κ2) is 4.02. The first-order valence-electron chi connectivity index (χ1n) is 3.34. The third kappa shape index (κ3) is 2.42. The van der Waals surface area contributed by atoms with Crippen molar-refractivity contribution >= 4 is 33.0 Å². The summed E-state index contributed by atoms with van der Waals surface area (Å²) in [6.07, 6.45) is 0.578. The zero-order chi connectivity index (χ0) is 8.27.